The van der Waals surface area contributed by atoms with Crippen LogP contribution in [0.3, 0.4) is 0 Å². The monoisotopic (exact) mass is 277 g/mol. The third kappa shape index (κ3) is 3.13. The van der Waals surface area contributed by atoms with Gasteiger partial charge in [-0.2, -0.15) is 4.80 Å². The fourth-order valence-electron chi connectivity index (χ4n) is 1.51. The molecule has 0 amide bonds. The number of benzene rings is 1. The molecule has 0 unspecified atom stereocenters. The van der Waals surface area contributed by atoms with Crippen LogP contribution in [0, 0.1) is 10.1 Å². The van der Waals surface area contributed by atoms with Crippen LogP contribution in [-0.2, 0) is 16.1 Å². The van der Waals surface area contributed by atoms with E-state index in [1.165, 1.54) is 18.2 Å². The van der Waals surface area contributed by atoms with Gasteiger partial charge in [0, 0.05) is 17.7 Å². The average molecular weight is 277 g/mol. The molecule has 1 aromatic carbocycles. The highest BCUT2D eigenvalue weighted by molar-refractivity contribution is 5.68. The molecule has 0 fully saturated rings. The van der Waals surface area contributed by atoms with Crippen LogP contribution >= 0.6 is 0 Å². The molecular weight excluding hydrogens is 266 g/mol. The first-order chi connectivity index (χ1) is 9.60. The van der Waals surface area contributed by atoms with E-state index in [0.29, 0.717) is 5.56 Å². The smallest absolute Gasteiger partial charge is 0.329 e. The van der Waals surface area contributed by atoms with Crippen LogP contribution in [0.4, 0.5) is 5.69 Å². The minimum absolute atomic E-state index is 0.0655. The van der Waals surface area contributed by atoms with Crippen LogP contribution in [-0.4, -0.2) is 37.7 Å². The van der Waals surface area contributed by atoms with E-state index in [2.05, 4.69) is 15.4 Å². The van der Waals surface area contributed by atoms with Crippen molar-refractivity contribution in [2.45, 2.75) is 13.5 Å². The number of esters is 1. The number of carbonyl (C=O) groups excluding carboxylic acids is 1. The summed E-state index contributed by atoms with van der Waals surface area (Å²) in [5.41, 5.74) is 0.388. The van der Waals surface area contributed by atoms with Gasteiger partial charge < -0.3 is 4.74 Å². The molecule has 0 N–H and O–H groups in total. The lowest BCUT2D eigenvalue weighted by atomic mass is 10.2. The Labute approximate surface area is 113 Å². The molecule has 0 saturated carbocycles. The molecule has 0 atom stereocenters. The quantitative estimate of drug-likeness (QED) is 0.451. The summed E-state index contributed by atoms with van der Waals surface area (Å²) >= 11 is 0. The zero-order valence-corrected chi connectivity index (χ0v) is 10.6. The van der Waals surface area contributed by atoms with Gasteiger partial charge in [0.2, 0.25) is 5.82 Å². The Hall–Kier alpha value is -2.84. The highest BCUT2D eigenvalue weighted by Gasteiger charge is 2.12. The fourth-order valence-corrected chi connectivity index (χ4v) is 1.51. The normalized spacial score (nSPS) is 10.2. The number of aromatic nitrogens is 4. The Morgan fingerprint density at radius 2 is 2.30 bits per heavy atom. The highest BCUT2D eigenvalue weighted by atomic mass is 16.6. The summed E-state index contributed by atoms with van der Waals surface area (Å²) in [6.45, 7) is 1.81. The molecule has 0 aliphatic heterocycles. The molecule has 0 bridgehead atoms. The van der Waals surface area contributed by atoms with Crippen molar-refractivity contribution in [3.8, 4) is 11.4 Å². The summed E-state index contributed by atoms with van der Waals surface area (Å²) in [5, 5.41) is 22.1. The number of ether oxygens (including phenoxy) is 1. The van der Waals surface area contributed by atoms with Gasteiger partial charge in [0.15, 0.2) is 6.54 Å². The Morgan fingerprint density at radius 1 is 1.50 bits per heavy atom. The van der Waals surface area contributed by atoms with Crippen LogP contribution in [0.25, 0.3) is 11.4 Å². The predicted octanol–water partition coefficient (Wildman–Crippen LogP) is 0.811. The first-order valence-corrected chi connectivity index (χ1v) is 5.78. The molecule has 9 nitrogen and oxygen atoms in total. The van der Waals surface area contributed by atoms with Gasteiger partial charge in [-0.15, -0.1) is 10.2 Å². The van der Waals surface area contributed by atoms with Crippen LogP contribution in [0.15, 0.2) is 24.3 Å². The third-order valence-corrected chi connectivity index (χ3v) is 2.34. The predicted molar refractivity (Wildman–Crippen MR) is 66.5 cm³/mol. The lowest BCUT2D eigenvalue weighted by Gasteiger charge is -1.99. The number of carbonyl (C=O) groups is 1. The number of nitro benzene ring substituents is 1. The van der Waals surface area contributed by atoms with E-state index in [1.54, 1.807) is 13.0 Å². The second-order valence-electron chi connectivity index (χ2n) is 3.76. The van der Waals surface area contributed by atoms with Crippen molar-refractivity contribution in [3.05, 3.63) is 34.4 Å². The summed E-state index contributed by atoms with van der Waals surface area (Å²) in [6.07, 6.45) is 0. The van der Waals surface area contributed by atoms with E-state index >= 15 is 0 Å². The first kappa shape index (κ1) is 13.6. The van der Waals surface area contributed by atoms with Crippen molar-refractivity contribution in [3.63, 3.8) is 0 Å². The summed E-state index contributed by atoms with van der Waals surface area (Å²) in [7, 11) is 0. The molecule has 0 saturated heterocycles. The van der Waals surface area contributed by atoms with E-state index in [-0.39, 0.29) is 24.7 Å². The zero-order valence-electron chi connectivity index (χ0n) is 10.6. The van der Waals surface area contributed by atoms with Crippen molar-refractivity contribution in [1.29, 1.82) is 0 Å². The maximum absolute atomic E-state index is 11.3. The molecule has 2 rings (SSSR count). The van der Waals surface area contributed by atoms with Gasteiger partial charge in [0.05, 0.1) is 11.5 Å². The van der Waals surface area contributed by atoms with Gasteiger partial charge in [-0.25, -0.2) is 4.79 Å². The fraction of sp³-hybridized carbons (Fsp3) is 0.273. The van der Waals surface area contributed by atoms with Crippen molar-refractivity contribution < 1.29 is 14.5 Å². The van der Waals surface area contributed by atoms with Crippen molar-refractivity contribution in [1.82, 2.24) is 20.2 Å². The average Bonchev–Trinajstić information content (AvgIpc) is 2.87. The van der Waals surface area contributed by atoms with Crippen molar-refractivity contribution in [2.24, 2.45) is 0 Å². The number of nitrogens with zero attached hydrogens (tertiary/aromatic N) is 5. The molecule has 1 aromatic heterocycles. The lowest BCUT2D eigenvalue weighted by molar-refractivity contribution is -0.384. The molecule has 104 valence electrons. The minimum atomic E-state index is -0.507. The van der Waals surface area contributed by atoms with Crippen LogP contribution in [0.2, 0.25) is 0 Å². The third-order valence-electron chi connectivity index (χ3n) is 2.34. The SMILES string of the molecule is CCOC(=O)Cn1nnc(-c2cccc([N+](=O)[O-])c2)n1. The van der Waals surface area contributed by atoms with Crippen LogP contribution < -0.4 is 0 Å². The summed E-state index contributed by atoms with van der Waals surface area (Å²) in [4.78, 5) is 22.5. The molecule has 0 spiro atoms. The van der Waals surface area contributed by atoms with E-state index in [9.17, 15) is 14.9 Å². The molecule has 1 heterocycles. The second-order valence-corrected chi connectivity index (χ2v) is 3.76. The Bertz CT molecular complexity index is 639. The molecule has 9 heteroatoms. The van der Waals surface area contributed by atoms with E-state index in [1.807, 2.05) is 0 Å². The van der Waals surface area contributed by atoms with E-state index in [0.717, 1.165) is 4.80 Å². The largest absolute Gasteiger partial charge is 0.465 e. The number of hydrogen-bond donors (Lipinski definition) is 0. The number of tetrazole rings is 1. The van der Waals surface area contributed by atoms with Crippen molar-refractivity contribution in [2.75, 3.05) is 6.61 Å². The van der Waals surface area contributed by atoms with Gasteiger partial charge >= 0.3 is 5.97 Å². The maximum Gasteiger partial charge on any atom is 0.329 e. The number of nitro groups is 1. The highest BCUT2D eigenvalue weighted by Crippen LogP contribution is 2.19. The maximum atomic E-state index is 11.3. The van der Waals surface area contributed by atoms with Gasteiger partial charge in [-0.05, 0) is 12.1 Å². The Balaban J connectivity index is 2.18. The molecule has 0 aliphatic carbocycles. The zero-order chi connectivity index (χ0) is 14.5. The number of hydrogen-bond acceptors (Lipinski definition) is 7. The summed E-state index contributed by atoms with van der Waals surface area (Å²) in [5.74, 6) is -0.270. The van der Waals surface area contributed by atoms with Crippen LogP contribution in [0.1, 0.15) is 6.92 Å². The molecule has 2 aromatic rings. The number of rotatable bonds is 5. The summed E-state index contributed by atoms with van der Waals surface area (Å²) in [6, 6.07) is 5.86. The first-order valence-electron chi connectivity index (χ1n) is 5.78. The Kier molecular flexibility index (Phi) is 3.99. The van der Waals surface area contributed by atoms with Gasteiger partial charge in [0.1, 0.15) is 0 Å². The van der Waals surface area contributed by atoms with Gasteiger partial charge in [0.25, 0.3) is 5.69 Å². The Morgan fingerprint density at radius 3 is 3.00 bits per heavy atom. The summed E-state index contributed by atoms with van der Waals surface area (Å²) < 4.78 is 4.75. The minimum Gasteiger partial charge on any atom is -0.465 e. The second kappa shape index (κ2) is 5.87. The molecule has 0 radical (unpaired) electrons. The van der Waals surface area contributed by atoms with E-state index < -0.39 is 10.9 Å². The number of non-ortho nitro benzene ring substituents is 1. The lowest BCUT2D eigenvalue weighted by Crippen LogP contribution is -2.15. The van der Waals surface area contributed by atoms with Gasteiger partial charge in [-0.3, -0.25) is 10.1 Å². The topological polar surface area (TPSA) is 113 Å². The molecule has 0 aliphatic rings. The van der Waals surface area contributed by atoms with Crippen LogP contribution in [0.5, 0.6) is 0 Å². The van der Waals surface area contributed by atoms with E-state index in [4.69, 9.17) is 4.74 Å². The molecular formula is C11H11N5O4. The molecule has 20 heavy (non-hydrogen) atoms. The standard InChI is InChI=1S/C11H11N5O4/c1-2-20-10(17)7-15-13-11(12-14-15)8-4-3-5-9(6-8)16(18)19/h3-6H,2,7H2,1H3. The van der Waals surface area contributed by atoms with Crippen molar-refractivity contribution >= 4 is 11.7 Å². The van der Waals surface area contributed by atoms with Gasteiger partial charge in [-0.1, -0.05) is 12.1 Å².